The third-order valence-corrected chi connectivity index (χ3v) is 3.53. The Morgan fingerprint density at radius 1 is 1.62 bits per heavy atom. The van der Waals surface area contributed by atoms with E-state index in [2.05, 4.69) is 10.3 Å². The summed E-state index contributed by atoms with van der Waals surface area (Å²) in [7, 11) is 0. The summed E-state index contributed by atoms with van der Waals surface area (Å²) >= 11 is 1.23. The van der Waals surface area contributed by atoms with Crippen molar-refractivity contribution in [1.29, 1.82) is 0 Å². The molecule has 1 aliphatic rings. The third kappa shape index (κ3) is 2.21. The summed E-state index contributed by atoms with van der Waals surface area (Å²) in [5.74, 6) is -1.20. The van der Waals surface area contributed by atoms with Crippen molar-refractivity contribution in [2.75, 3.05) is 0 Å². The summed E-state index contributed by atoms with van der Waals surface area (Å²) in [5.41, 5.74) is 2.22. The van der Waals surface area contributed by atoms with Crippen LogP contribution in [0.5, 0.6) is 0 Å². The highest BCUT2D eigenvalue weighted by Gasteiger charge is 2.37. The molecule has 1 fully saturated rings. The van der Waals surface area contributed by atoms with Gasteiger partial charge in [-0.15, -0.1) is 11.3 Å². The molecule has 1 unspecified atom stereocenters. The maximum Gasteiger partial charge on any atom is 0.326 e. The molecule has 86 valence electrons. The largest absolute Gasteiger partial charge is 0.480 e. The first-order valence-electron chi connectivity index (χ1n) is 5.03. The maximum atomic E-state index is 11.8. The Morgan fingerprint density at radius 2 is 2.31 bits per heavy atom. The molecule has 1 atom stereocenters. The number of carboxylic acids is 1. The highest BCUT2D eigenvalue weighted by molar-refractivity contribution is 7.11. The van der Waals surface area contributed by atoms with Crippen LogP contribution in [0.3, 0.4) is 0 Å². The molecule has 6 heteroatoms. The van der Waals surface area contributed by atoms with Crippen molar-refractivity contribution in [3.8, 4) is 0 Å². The van der Waals surface area contributed by atoms with Crippen molar-refractivity contribution in [3.63, 3.8) is 0 Å². The van der Waals surface area contributed by atoms with Gasteiger partial charge in [0.2, 0.25) is 0 Å². The zero-order chi connectivity index (χ0) is 11.7. The number of aryl methyl sites for hydroxylation is 1. The topological polar surface area (TPSA) is 79.3 Å². The van der Waals surface area contributed by atoms with Crippen LogP contribution in [0, 0.1) is 12.8 Å². The zero-order valence-corrected chi connectivity index (χ0v) is 9.58. The number of amides is 1. The second-order valence-electron chi connectivity index (χ2n) is 3.89. The van der Waals surface area contributed by atoms with Gasteiger partial charge in [0, 0.05) is 0 Å². The molecule has 1 heterocycles. The van der Waals surface area contributed by atoms with Gasteiger partial charge in [0.15, 0.2) is 0 Å². The molecule has 0 saturated heterocycles. The number of nitrogens with one attached hydrogen (secondary N) is 1. The van der Waals surface area contributed by atoms with E-state index in [1.165, 1.54) is 11.3 Å². The number of carbonyl (C=O) groups excluding carboxylic acids is 1. The standard InChI is InChI=1S/C10H12N2O3S/c1-5-8(16-4-11-5)9(13)12-7(10(14)15)6-2-3-6/h4,6-7H,2-3H2,1H3,(H,12,13)(H,14,15). The Kier molecular flexibility index (Phi) is 2.91. The van der Waals surface area contributed by atoms with Crippen molar-refractivity contribution in [2.24, 2.45) is 5.92 Å². The van der Waals surface area contributed by atoms with Crippen LogP contribution in [0.25, 0.3) is 0 Å². The number of carbonyl (C=O) groups is 2. The number of aromatic nitrogens is 1. The van der Waals surface area contributed by atoms with E-state index in [0.717, 1.165) is 12.8 Å². The monoisotopic (exact) mass is 240 g/mol. The normalized spacial score (nSPS) is 16.8. The molecule has 1 aliphatic carbocycles. The summed E-state index contributed by atoms with van der Waals surface area (Å²) in [6.45, 7) is 1.73. The second-order valence-corrected chi connectivity index (χ2v) is 4.75. The van der Waals surface area contributed by atoms with Gasteiger partial charge in [-0.3, -0.25) is 4.79 Å². The van der Waals surface area contributed by atoms with Crippen LogP contribution in [0.1, 0.15) is 28.2 Å². The van der Waals surface area contributed by atoms with Crippen LogP contribution in [0.15, 0.2) is 5.51 Å². The number of nitrogens with zero attached hydrogens (tertiary/aromatic N) is 1. The highest BCUT2D eigenvalue weighted by atomic mass is 32.1. The summed E-state index contributed by atoms with van der Waals surface area (Å²) in [4.78, 5) is 27.2. The lowest BCUT2D eigenvalue weighted by atomic mass is 10.2. The van der Waals surface area contributed by atoms with Gasteiger partial charge in [-0.1, -0.05) is 0 Å². The minimum atomic E-state index is -0.960. The van der Waals surface area contributed by atoms with Crippen molar-refractivity contribution in [2.45, 2.75) is 25.8 Å². The van der Waals surface area contributed by atoms with Crippen LogP contribution in [-0.2, 0) is 4.79 Å². The first kappa shape index (κ1) is 11.1. The fraction of sp³-hybridized carbons (Fsp3) is 0.500. The van der Waals surface area contributed by atoms with Crippen molar-refractivity contribution in [1.82, 2.24) is 10.3 Å². The first-order valence-corrected chi connectivity index (χ1v) is 5.91. The molecule has 0 aromatic carbocycles. The summed E-state index contributed by atoms with van der Waals surface area (Å²) in [5, 5.41) is 11.5. The lowest BCUT2D eigenvalue weighted by Gasteiger charge is -2.12. The molecule has 1 aromatic heterocycles. The summed E-state index contributed by atoms with van der Waals surface area (Å²) in [6.07, 6.45) is 1.75. The van der Waals surface area contributed by atoms with Gasteiger partial charge in [0.1, 0.15) is 10.9 Å². The van der Waals surface area contributed by atoms with Gasteiger partial charge in [-0.05, 0) is 25.7 Å². The predicted octanol–water partition coefficient (Wildman–Crippen LogP) is 1.04. The van der Waals surface area contributed by atoms with Crippen LogP contribution < -0.4 is 5.32 Å². The van der Waals surface area contributed by atoms with Crippen molar-refractivity contribution in [3.05, 3.63) is 16.1 Å². The van der Waals surface area contributed by atoms with Crippen molar-refractivity contribution < 1.29 is 14.7 Å². The fourth-order valence-electron chi connectivity index (χ4n) is 1.54. The average molecular weight is 240 g/mol. The fourth-order valence-corrected chi connectivity index (χ4v) is 2.24. The second kappa shape index (κ2) is 4.21. The maximum absolute atomic E-state index is 11.8. The van der Waals surface area contributed by atoms with Gasteiger partial charge in [0.05, 0.1) is 11.2 Å². The molecular weight excluding hydrogens is 228 g/mol. The molecule has 5 nitrogen and oxygen atoms in total. The molecule has 16 heavy (non-hydrogen) atoms. The predicted molar refractivity (Wildman–Crippen MR) is 58.5 cm³/mol. The minimum absolute atomic E-state index is 0.0923. The Morgan fingerprint density at radius 3 is 2.75 bits per heavy atom. The smallest absolute Gasteiger partial charge is 0.326 e. The molecule has 0 bridgehead atoms. The van der Waals surface area contributed by atoms with Gasteiger partial charge in [-0.2, -0.15) is 0 Å². The summed E-state index contributed by atoms with van der Waals surface area (Å²) < 4.78 is 0. The molecule has 2 rings (SSSR count). The van der Waals surface area contributed by atoms with Crippen molar-refractivity contribution >= 4 is 23.2 Å². The first-order chi connectivity index (χ1) is 7.59. The molecule has 1 aromatic rings. The van der Waals surface area contributed by atoms with E-state index in [-0.39, 0.29) is 11.8 Å². The molecule has 0 aliphatic heterocycles. The van der Waals surface area contributed by atoms with E-state index < -0.39 is 12.0 Å². The van der Waals surface area contributed by atoms with E-state index in [1.54, 1.807) is 12.4 Å². The lowest BCUT2D eigenvalue weighted by Crippen LogP contribution is -2.42. The van der Waals surface area contributed by atoms with E-state index in [9.17, 15) is 9.59 Å². The number of rotatable bonds is 4. The van der Waals surface area contributed by atoms with E-state index in [0.29, 0.717) is 10.6 Å². The van der Waals surface area contributed by atoms with E-state index in [1.807, 2.05) is 0 Å². The average Bonchev–Trinajstić information content (AvgIpc) is 2.96. The van der Waals surface area contributed by atoms with Gasteiger partial charge in [-0.25, -0.2) is 9.78 Å². The van der Waals surface area contributed by atoms with E-state index in [4.69, 9.17) is 5.11 Å². The number of hydrogen-bond donors (Lipinski definition) is 2. The quantitative estimate of drug-likeness (QED) is 0.824. The van der Waals surface area contributed by atoms with Gasteiger partial charge in [0.25, 0.3) is 5.91 Å². The molecule has 0 spiro atoms. The molecular formula is C10H12N2O3S. The minimum Gasteiger partial charge on any atom is -0.480 e. The van der Waals surface area contributed by atoms with Gasteiger partial charge >= 0.3 is 5.97 Å². The summed E-state index contributed by atoms with van der Waals surface area (Å²) in [6, 6.07) is -0.756. The van der Waals surface area contributed by atoms with E-state index >= 15 is 0 Å². The van der Waals surface area contributed by atoms with Gasteiger partial charge < -0.3 is 10.4 Å². The number of thiazole rings is 1. The Balaban J connectivity index is 2.06. The SMILES string of the molecule is Cc1ncsc1C(=O)NC(C(=O)O)C1CC1. The lowest BCUT2D eigenvalue weighted by molar-refractivity contribution is -0.139. The number of carboxylic acid groups (broad SMARTS) is 1. The molecule has 1 saturated carbocycles. The Labute approximate surface area is 96.5 Å². The zero-order valence-electron chi connectivity index (χ0n) is 8.77. The molecule has 0 radical (unpaired) electrons. The Bertz CT molecular complexity index is 425. The molecule has 2 N–H and O–H groups in total. The number of aliphatic carboxylic acids is 1. The van der Waals surface area contributed by atoms with Crippen LogP contribution in [0.2, 0.25) is 0 Å². The number of hydrogen-bond acceptors (Lipinski definition) is 4. The van der Waals surface area contributed by atoms with Crippen LogP contribution in [-0.4, -0.2) is 28.0 Å². The Hall–Kier alpha value is -1.43. The third-order valence-electron chi connectivity index (χ3n) is 2.60. The molecule has 1 amide bonds. The highest BCUT2D eigenvalue weighted by Crippen LogP contribution is 2.33. The van der Waals surface area contributed by atoms with Crippen LogP contribution >= 0.6 is 11.3 Å². The van der Waals surface area contributed by atoms with Crippen LogP contribution in [0.4, 0.5) is 0 Å².